The average molecular weight is 374 g/mol. The third-order valence-electron chi connectivity index (χ3n) is 5.55. The van der Waals surface area contributed by atoms with Crippen molar-refractivity contribution in [3.8, 4) is 11.4 Å². The van der Waals surface area contributed by atoms with Gasteiger partial charge in [-0.1, -0.05) is 5.16 Å². The fraction of sp³-hybridized carbons (Fsp3) is 0.368. The molecule has 6 rings (SSSR count). The van der Waals surface area contributed by atoms with Gasteiger partial charge in [-0.25, -0.2) is 15.0 Å². The summed E-state index contributed by atoms with van der Waals surface area (Å²) in [6.45, 7) is 3.56. The Bertz CT molecular complexity index is 1190. The van der Waals surface area contributed by atoms with Crippen molar-refractivity contribution in [2.45, 2.75) is 38.6 Å². The first-order valence-corrected chi connectivity index (χ1v) is 9.48. The monoisotopic (exact) mass is 374 g/mol. The highest BCUT2D eigenvalue weighted by Gasteiger charge is 2.31. The zero-order valence-electron chi connectivity index (χ0n) is 15.4. The van der Waals surface area contributed by atoms with Crippen molar-refractivity contribution < 1.29 is 4.52 Å². The second-order valence-corrected chi connectivity index (χ2v) is 7.42. The van der Waals surface area contributed by atoms with E-state index in [2.05, 4.69) is 40.0 Å². The van der Waals surface area contributed by atoms with Gasteiger partial charge in [0.25, 0.3) is 0 Å². The lowest BCUT2D eigenvalue weighted by atomic mass is 9.94. The molecule has 0 spiro atoms. The number of aryl methyl sites for hydroxylation is 1. The number of aromatic amines is 1. The number of nitrogens with one attached hydrogen (secondary N) is 1. The van der Waals surface area contributed by atoms with Crippen LogP contribution in [0.3, 0.4) is 0 Å². The second kappa shape index (κ2) is 5.82. The molecule has 0 amide bonds. The first-order valence-electron chi connectivity index (χ1n) is 9.48. The molecule has 9 heteroatoms. The Hall–Kier alpha value is -3.36. The minimum atomic E-state index is 0.444. The summed E-state index contributed by atoms with van der Waals surface area (Å²) < 4.78 is 5.49. The lowest BCUT2D eigenvalue weighted by Crippen LogP contribution is -2.32. The van der Waals surface area contributed by atoms with Crippen LogP contribution in [0, 0.1) is 6.92 Å². The Morgan fingerprint density at radius 3 is 3.00 bits per heavy atom. The topological polar surface area (TPSA) is 110 Å². The van der Waals surface area contributed by atoms with Gasteiger partial charge in [-0.05, 0) is 37.3 Å². The standard InChI is InChI=1S/C19H18N8O/c1-10-14(16-25-19(28-26-16)11-2-3-11)13-4-5-27(7-12(13)6-20-10)18-15-17(22-8-21-15)23-9-24-18/h6,8-9,11H,2-5,7H2,1H3,(H,21,22,23,24). The maximum absolute atomic E-state index is 5.49. The van der Waals surface area contributed by atoms with Crippen LogP contribution in [0.4, 0.5) is 5.82 Å². The molecule has 28 heavy (non-hydrogen) atoms. The van der Waals surface area contributed by atoms with Crippen molar-refractivity contribution >= 4 is 17.0 Å². The third-order valence-corrected chi connectivity index (χ3v) is 5.55. The van der Waals surface area contributed by atoms with Crippen LogP contribution in [-0.2, 0) is 13.0 Å². The number of pyridine rings is 1. The average Bonchev–Trinajstić information content (AvgIpc) is 3.25. The van der Waals surface area contributed by atoms with Gasteiger partial charge in [0.1, 0.15) is 11.8 Å². The van der Waals surface area contributed by atoms with Crippen LogP contribution in [0.15, 0.2) is 23.4 Å². The molecule has 1 N–H and O–H groups in total. The van der Waals surface area contributed by atoms with Gasteiger partial charge in [0.15, 0.2) is 11.5 Å². The van der Waals surface area contributed by atoms with Gasteiger partial charge in [0.05, 0.1) is 6.33 Å². The largest absolute Gasteiger partial charge is 0.350 e. The third kappa shape index (κ3) is 2.39. The van der Waals surface area contributed by atoms with Gasteiger partial charge in [0, 0.05) is 36.5 Å². The maximum Gasteiger partial charge on any atom is 0.230 e. The summed E-state index contributed by atoms with van der Waals surface area (Å²) in [5.74, 6) is 2.73. The number of fused-ring (bicyclic) bond motifs is 2. The first kappa shape index (κ1) is 15.7. The molecule has 0 aromatic carbocycles. The number of hydrogen-bond donors (Lipinski definition) is 1. The molecule has 1 saturated carbocycles. The molecule has 9 nitrogen and oxygen atoms in total. The second-order valence-electron chi connectivity index (χ2n) is 7.42. The van der Waals surface area contributed by atoms with E-state index in [9.17, 15) is 0 Å². The quantitative estimate of drug-likeness (QED) is 0.583. The summed E-state index contributed by atoms with van der Waals surface area (Å²) in [5.41, 5.74) is 5.91. The number of anilines is 1. The van der Waals surface area contributed by atoms with Gasteiger partial charge < -0.3 is 14.4 Å². The van der Waals surface area contributed by atoms with Gasteiger partial charge in [-0.2, -0.15) is 4.98 Å². The Kier molecular flexibility index (Phi) is 3.26. The molecule has 1 aliphatic carbocycles. The lowest BCUT2D eigenvalue weighted by Gasteiger charge is -2.30. The van der Waals surface area contributed by atoms with E-state index in [0.717, 1.165) is 59.9 Å². The minimum absolute atomic E-state index is 0.444. The summed E-state index contributed by atoms with van der Waals surface area (Å²) in [7, 11) is 0. The number of aromatic nitrogens is 7. The van der Waals surface area contributed by atoms with E-state index >= 15 is 0 Å². The predicted molar refractivity (Wildman–Crippen MR) is 101 cm³/mol. The van der Waals surface area contributed by atoms with Gasteiger partial charge in [0.2, 0.25) is 11.7 Å². The molecule has 0 atom stereocenters. The number of hydrogen-bond acceptors (Lipinski definition) is 8. The molecule has 0 saturated heterocycles. The lowest BCUT2D eigenvalue weighted by molar-refractivity contribution is 0.380. The van der Waals surface area contributed by atoms with Crippen LogP contribution >= 0.6 is 0 Å². The number of imidazole rings is 1. The molecule has 4 aromatic rings. The van der Waals surface area contributed by atoms with E-state index in [-0.39, 0.29) is 0 Å². The summed E-state index contributed by atoms with van der Waals surface area (Å²) in [6.07, 6.45) is 8.31. The van der Waals surface area contributed by atoms with Crippen LogP contribution in [0.1, 0.15) is 41.5 Å². The van der Waals surface area contributed by atoms with Crippen molar-refractivity contribution in [2.75, 3.05) is 11.4 Å². The van der Waals surface area contributed by atoms with Gasteiger partial charge in [-0.15, -0.1) is 0 Å². The van der Waals surface area contributed by atoms with E-state index < -0.39 is 0 Å². The fourth-order valence-corrected chi connectivity index (χ4v) is 3.95. The van der Waals surface area contributed by atoms with Gasteiger partial charge >= 0.3 is 0 Å². The minimum Gasteiger partial charge on any atom is -0.350 e. The van der Waals surface area contributed by atoms with Crippen LogP contribution in [0.25, 0.3) is 22.6 Å². The summed E-state index contributed by atoms with van der Waals surface area (Å²) in [6, 6.07) is 0. The van der Waals surface area contributed by atoms with Crippen molar-refractivity contribution in [3.05, 3.63) is 41.6 Å². The highest BCUT2D eigenvalue weighted by atomic mass is 16.5. The molecule has 0 unspecified atom stereocenters. The summed E-state index contributed by atoms with van der Waals surface area (Å²) in [4.78, 5) is 27.6. The highest BCUT2D eigenvalue weighted by Crippen LogP contribution is 2.40. The van der Waals surface area contributed by atoms with Crippen LogP contribution < -0.4 is 4.90 Å². The van der Waals surface area contributed by atoms with Crippen molar-refractivity contribution in [1.82, 2.24) is 35.1 Å². The van der Waals surface area contributed by atoms with E-state index in [1.54, 1.807) is 12.7 Å². The van der Waals surface area contributed by atoms with E-state index in [1.807, 2.05) is 13.1 Å². The zero-order valence-corrected chi connectivity index (χ0v) is 15.4. The first-order chi connectivity index (χ1) is 13.8. The number of nitrogens with zero attached hydrogens (tertiary/aromatic N) is 7. The highest BCUT2D eigenvalue weighted by molar-refractivity contribution is 5.83. The number of rotatable bonds is 3. The smallest absolute Gasteiger partial charge is 0.230 e. The molecule has 0 radical (unpaired) electrons. The summed E-state index contributed by atoms with van der Waals surface area (Å²) in [5, 5.41) is 4.25. The zero-order chi connectivity index (χ0) is 18.7. The number of H-pyrrole nitrogens is 1. The molecular weight excluding hydrogens is 356 g/mol. The predicted octanol–water partition coefficient (Wildman–Crippen LogP) is 2.55. The molecule has 140 valence electrons. The van der Waals surface area contributed by atoms with E-state index in [0.29, 0.717) is 23.9 Å². The fourth-order valence-electron chi connectivity index (χ4n) is 3.95. The molecule has 5 heterocycles. The van der Waals surface area contributed by atoms with E-state index in [1.165, 1.54) is 5.56 Å². The molecular formula is C19H18N8O. The van der Waals surface area contributed by atoms with Crippen molar-refractivity contribution in [2.24, 2.45) is 0 Å². The maximum atomic E-state index is 5.49. The molecule has 1 aliphatic heterocycles. The summed E-state index contributed by atoms with van der Waals surface area (Å²) >= 11 is 0. The van der Waals surface area contributed by atoms with Crippen LogP contribution in [0.5, 0.6) is 0 Å². The molecule has 2 aliphatic rings. The normalized spacial score (nSPS) is 16.5. The van der Waals surface area contributed by atoms with Crippen LogP contribution in [0.2, 0.25) is 0 Å². The Balaban J connectivity index is 1.39. The van der Waals surface area contributed by atoms with Gasteiger partial charge in [-0.3, -0.25) is 4.98 Å². The SMILES string of the molecule is Cc1ncc2c(c1-c1noc(C3CC3)n1)CCN(c1ncnc3nc[nH]c13)C2. The van der Waals surface area contributed by atoms with Crippen LogP contribution in [-0.4, -0.2) is 41.6 Å². The van der Waals surface area contributed by atoms with Crippen molar-refractivity contribution in [3.63, 3.8) is 0 Å². The molecule has 0 bridgehead atoms. The van der Waals surface area contributed by atoms with E-state index in [4.69, 9.17) is 4.52 Å². The Morgan fingerprint density at radius 2 is 2.11 bits per heavy atom. The molecule has 4 aromatic heterocycles. The Labute approximate surface area is 160 Å². The van der Waals surface area contributed by atoms with Crippen molar-refractivity contribution in [1.29, 1.82) is 0 Å². The Morgan fingerprint density at radius 1 is 1.18 bits per heavy atom. The molecule has 1 fully saturated rings.